The molecule has 1 heterocycles. The summed E-state index contributed by atoms with van der Waals surface area (Å²) in [5.41, 5.74) is 0.440. The van der Waals surface area contributed by atoms with E-state index in [1.54, 1.807) is 4.90 Å². The van der Waals surface area contributed by atoms with Crippen LogP contribution in [0.25, 0.3) is 0 Å². The van der Waals surface area contributed by atoms with Crippen molar-refractivity contribution in [2.24, 2.45) is 18.4 Å². The number of carbonyl (C=O) groups excluding carboxylic acids is 2. The molecule has 0 radical (unpaired) electrons. The molecule has 0 unspecified atom stereocenters. The van der Waals surface area contributed by atoms with Crippen LogP contribution in [0.2, 0.25) is 0 Å². The highest BCUT2D eigenvalue weighted by molar-refractivity contribution is 6.19. The molecule has 2 amide bonds. The molecule has 2 rings (SSSR count). The van der Waals surface area contributed by atoms with Crippen LogP contribution in [0.4, 0.5) is 0 Å². The van der Waals surface area contributed by atoms with E-state index in [1.165, 1.54) is 0 Å². The number of aromatic nitrogens is 1. The van der Waals surface area contributed by atoms with E-state index in [-0.39, 0.29) is 30.3 Å². The Morgan fingerprint density at radius 1 is 1.35 bits per heavy atom. The number of hydrogen-bond donors (Lipinski definition) is 0. The normalized spacial score (nSPS) is 14.6. The molecule has 0 aromatic carbocycles. The van der Waals surface area contributed by atoms with E-state index in [2.05, 4.69) is 13.8 Å². The van der Waals surface area contributed by atoms with Gasteiger partial charge in [0.2, 0.25) is 11.8 Å². The number of carbonyl (C=O) groups is 2. The number of nitrogens with zero attached hydrogens (tertiary/aromatic N) is 3. The zero-order valence-corrected chi connectivity index (χ0v) is 17.4. The van der Waals surface area contributed by atoms with Gasteiger partial charge in [-0.05, 0) is 44.7 Å². The molecule has 0 bridgehead atoms. The minimum Gasteiger partial charge on any atom is -0.353 e. The van der Waals surface area contributed by atoms with E-state index in [1.807, 2.05) is 48.7 Å². The van der Waals surface area contributed by atoms with Gasteiger partial charge in [0.05, 0.1) is 12.0 Å². The van der Waals surface area contributed by atoms with Crippen molar-refractivity contribution >= 4 is 23.4 Å². The van der Waals surface area contributed by atoms with Gasteiger partial charge in [-0.3, -0.25) is 9.59 Å². The second-order valence-corrected chi connectivity index (χ2v) is 8.73. The second-order valence-electron chi connectivity index (χ2n) is 8.46. The molecule has 6 heteroatoms. The maximum absolute atomic E-state index is 13.1. The highest BCUT2D eigenvalue weighted by Crippen LogP contribution is 2.31. The van der Waals surface area contributed by atoms with Crippen LogP contribution in [0.1, 0.15) is 46.2 Å². The first-order valence-electron chi connectivity index (χ1n) is 9.40. The van der Waals surface area contributed by atoms with Gasteiger partial charge < -0.3 is 14.4 Å². The molecule has 0 atom stereocenters. The van der Waals surface area contributed by atoms with E-state index in [4.69, 9.17) is 11.6 Å². The summed E-state index contributed by atoms with van der Waals surface area (Å²) in [6.45, 7) is 9.27. The maximum Gasteiger partial charge on any atom is 0.242 e. The molecule has 0 spiro atoms. The number of alkyl halides is 1. The average Bonchev–Trinajstić information content (AvgIpc) is 3.34. The Morgan fingerprint density at radius 2 is 2.00 bits per heavy atom. The molecule has 1 aliphatic carbocycles. The summed E-state index contributed by atoms with van der Waals surface area (Å²) < 4.78 is 2.03. The van der Waals surface area contributed by atoms with Gasteiger partial charge in [-0.25, -0.2) is 0 Å². The SMILES string of the molecule is CC(C)CN(Cc1cccn1C)C(=O)CN(C(=O)C(C)(C)CCl)C1CC1. The third kappa shape index (κ3) is 5.26. The fraction of sp³-hybridized carbons (Fsp3) is 0.700. The Kier molecular flexibility index (Phi) is 6.78. The van der Waals surface area contributed by atoms with Crippen LogP contribution in [0.15, 0.2) is 18.3 Å². The minimum atomic E-state index is -0.647. The molecular weight excluding hydrogens is 350 g/mol. The first kappa shape index (κ1) is 20.8. The van der Waals surface area contributed by atoms with Gasteiger partial charge in [-0.2, -0.15) is 0 Å². The Hall–Kier alpha value is -1.49. The van der Waals surface area contributed by atoms with E-state index in [0.29, 0.717) is 19.0 Å². The van der Waals surface area contributed by atoms with E-state index in [0.717, 1.165) is 18.5 Å². The van der Waals surface area contributed by atoms with E-state index >= 15 is 0 Å². The molecule has 1 fully saturated rings. The molecule has 0 aliphatic heterocycles. The van der Waals surface area contributed by atoms with Crippen LogP contribution in [0.3, 0.4) is 0 Å². The molecule has 26 heavy (non-hydrogen) atoms. The monoisotopic (exact) mass is 381 g/mol. The van der Waals surface area contributed by atoms with Gasteiger partial charge in [0.15, 0.2) is 0 Å². The standard InChI is InChI=1S/C20H32ClN3O2/c1-15(2)11-23(12-17-7-6-10-22(17)5)18(25)13-24(16-8-9-16)19(26)20(3,4)14-21/h6-7,10,15-16H,8-9,11-14H2,1-5H3. The number of aryl methyl sites for hydroxylation is 1. The molecule has 0 N–H and O–H groups in total. The van der Waals surface area contributed by atoms with Gasteiger partial charge in [-0.15, -0.1) is 11.6 Å². The third-order valence-electron chi connectivity index (χ3n) is 4.81. The molecule has 1 saturated carbocycles. The van der Waals surface area contributed by atoms with Crippen LogP contribution in [0.5, 0.6) is 0 Å². The van der Waals surface area contributed by atoms with Crippen molar-refractivity contribution in [1.82, 2.24) is 14.4 Å². The van der Waals surface area contributed by atoms with Gasteiger partial charge in [0.1, 0.15) is 6.54 Å². The topological polar surface area (TPSA) is 45.6 Å². The zero-order chi connectivity index (χ0) is 19.5. The van der Waals surface area contributed by atoms with Crippen molar-refractivity contribution in [1.29, 1.82) is 0 Å². The highest BCUT2D eigenvalue weighted by Gasteiger charge is 2.40. The molecule has 1 aromatic heterocycles. The largest absolute Gasteiger partial charge is 0.353 e. The van der Waals surface area contributed by atoms with Crippen LogP contribution in [0, 0.1) is 11.3 Å². The number of rotatable bonds is 9. The lowest BCUT2D eigenvalue weighted by atomic mass is 9.94. The number of halogens is 1. The van der Waals surface area contributed by atoms with Crippen molar-refractivity contribution in [2.75, 3.05) is 19.0 Å². The Morgan fingerprint density at radius 3 is 2.46 bits per heavy atom. The van der Waals surface area contributed by atoms with Crippen LogP contribution in [-0.2, 0) is 23.2 Å². The maximum atomic E-state index is 13.1. The lowest BCUT2D eigenvalue weighted by Crippen LogP contribution is -2.49. The first-order chi connectivity index (χ1) is 12.2. The Bertz CT molecular complexity index is 635. The average molecular weight is 382 g/mol. The summed E-state index contributed by atoms with van der Waals surface area (Å²) in [6.07, 6.45) is 3.93. The summed E-state index contributed by atoms with van der Waals surface area (Å²) in [5.74, 6) is 0.600. The van der Waals surface area contributed by atoms with E-state index in [9.17, 15) is 9.59 Å². The lowest BCUT2D eigenvalue weighted by molar-refractivity contribution is -0.146. The molecular formula is C20H32ClN3O2. The van der Waals surface area contributed by atoms with Gasteiger partial charge in [0, 0.05) is 37.4 Å². The van der Waals surface area contributed by atoms with Crippen molar-refractivity contribution in [3.8, 4) is 0 Å². The zero-order valence-electron chi connectivity index (χ0n) is 16.7. The van der Waals surface area contributed by atoms with E-state index < -0.39 is 5.41 Å². The molecule has 5 nitrogen and oxygen atoms in total. The van der Waals surface area contributed by atoms with Gasteiger partial charge in [-0.1, -0.05) is 13.8 Å². The van der Waals surface area contributed by atoms with Crippen LogP contribution >= 0.6 is 11.6 Å². The van der Waals surface area contributed by atoms with Crippen molar-refractivity contribution in [3.63, 3.8) is 0 Å². The smallest absolute Gasteiger partial charge is 0.242 e. The predicted octanol–water partition coefficient (Wildman–Crippen LogP) is 3.27. The molecule has 0 saturated heterocycles. The molecule has 1 aliphatic rings. The third-order valence-corrected chi connectivity index (χ3v) is 5.48. The Balaban J connectivity index is 2.13. The first-order valence-corrected chi connectivity index (χ1v) is 9.94. The lowest BCUT2D eigenvalue weighted by Gasteiger charge is -2.33. The second kappa shape index (κ2) is 8.47. The predicted molar refractivity (Wildman–Crippen MR) is 105 cm³/mol. The molecule has 1 aromatic rings. The van der Waals surface area contributed by atoms with Crippen LogP contribution < -0.4 is 0 Å². The summed E-state index contributed by atoms with van der Waals surface area (Å²) in [5, 5.41) is 0. The van der Waals surface area contributed by atoms with Gasteiger partial charge >= 0.3 is 0 Å². The fourth-order valence-corrected chi connectivity index (χ4v) is 3.11. The minimum absolute atomic E-state index is 0.00511. The summed E-state index contributed by atoms with van der Waals surface area (Å²) in [4.78, 5) is 29.6. The summed E-state index contributed by atoms with van der Waals surface area (Å²) >= 11 is 5.99. The number of hydrogen-bond acceptors (Lipinski definition) is 2. The van der Waals surface area contributed by atoms with Crippen molar-refractivity contribution in [3.05, 3.63) is 24.0 Å². The Labute approximate surface area is 162 Å². The number of amides is 2. The highest BCUT2D eigenvalue weighted by atomic mass is 35.5. The molecule has 146 valence electrons. The van der Waals surface area contributed by atoms with Crippen LogP contribution in [-0.4, -0.2) is 51.2 Å². The fourth-order valence-electron chi connectivity index (χ4n) is 3.00. The quantitative estimate of drug-likeness (QED) is 0.616. The van der Waals surface area contributed by atoms with Crippen molar-refractivity contribution in [2.45, 2.75) is 53.1 Å². The summed E-state index contributed by atoms with van der Waals surface area (Å²) in [7, 11) is 1.98. The van der Waals surface area contributed by atoms with Gasteiger partial charge in [0.25, 0.3) is 0 Å². The summed E-state index contributed by atoms with van der Waals surface area (Å²) in [6, 6.07) is 4.20. The van der Waals surface area contributed by atoms with Crippen molar-refractivity contribution < 1.29 is 9.59 Å².